The number of aliphatic hydroxyl groups is 1. The molecule has 1 aliphatic heterocycles. The number of nitrogens with one attached hydrogen (secondary N) is 1. The molecule has 7 nitrogen and oxygen atoms in total. The lowest BCUT2D eigenvalue weighted by Gasteiger charge is -2.31. The molecule has 0 aromatic rings. The predicted molar refractivity (Wildman–Crippen MR) is 72.5 cm³/mol. The summed E-state index contributed by atoms with van der Waals surface area (Å²) in [5, 5.41) is 20.0. The Kier molecular flexibility index (Phi) is 7.98. The Bertz CT molecular complexity index is 303. The van der Waals surface area contributed by atoms with Gasteiger partial charge in [-0.15, -0.1) is 0 Å². The summed E-state index contributed by atoms with van der Waals surface area (Å²) in [6, 6.07) is -0.0964. The highest BCUT2D eigenvalue weighted by atomic mass is 16.5. The monoisotopic (exact) mass is 288 g/mol. The lowest BCUT2D eigenvalue weighted by molar-refractivity contribution is -0.137. The molecule has 0 aromatic carbocycles. The summed E-state index contributed by atoms with van der Waals surface area (Å²) in [4.78, 5) is 23.9. The van der Waals surface area contributed by atoms with Crippen LogP contribution in [-0.4, -0.2) is 66.1 Å². The predicted octanol–water partition coefficient (Wildman–Crippen LogP) is 0.424. The van der Waals surface area contributed by atoms with Crippen molar-refractivity contribution in [3.8, 4) is 0 Å². The van der Waals surface area contributed by atoms with Crippen molar-refractivity contribution in [2.45, 2.75) is 38.2 Å². The van der Waals surface area contributed by atoms with Crippen LogP contribution in [0.4, 0.5) is 4.79 Å². The minimum Gasteiger partial charge on any atom is -0.481 e. The van der Waals surface area contributed by atoms with Gasteiger partial charge in [0.2, 0.25) is 0 Å². The van der Waals surface area contributed by atoms with Gasteiger partial charge in [-0.25, -0.2) is 4.79 Å². The molecule has 7 heteroatoms. The second-order valence-electron chi connectivity index (χ2n) is 4.86. The average Bonchev–Trinajstić information content (AvgIpc) is 2.44. The van der Waals surface area contributed by atoms with Crippen molar-refractivity contribution in [3.05, 3.63) is 0 Å². The average molecular weight is 288 g/mol. The van der Waals surface area contributed by atoms with E-state index in [-0.39, 0.29) is 25.2 Å². The fraction of sp³-hybridized carbons (Fsp3) is 0.846. The summed E-state index contributed by atoms with van der Waals surface area (Å²) in [5.74, 6) is -0.804. The van der Waals surface area contributed by atoms with Gasteiger partial charge in [0.05, 0.1) is 19.3 Å². The fourth-order valence-corrected chi connectivity index (χ4v) is 2.15. The van der Waals surface area contributed by atoms with Crippen LogP contribution in [-0.2, 0) is 9.53 Å². The number of carboxylic acids is 1. The van der Waals surface area contributed by atoms with Crippen LogP contribution in [0.2, 0.25) is 0 Å². The minimum absolute atomic E-state index is 0.0248. The van der Waals surface area contributed by atoms with Crippen LogP contribution >= 0.6 is 0 Å². The molecule has 0 spiro atoms. The number of carboxylic acid groups (broad SMARTS) is 1. The van der Waals surface area contributed by atoms with Crippen molar-refractivity contribution in [2.75, 3.05) is 32.8 Å². The summed E-state index contributed by atoms with van der Waals surface area (Å²) in [5.41, 5.74) is 0. The van der Waals surface area contributed by atoms with Gasteiger partial charge in [-0.05, 0) is 25.7 Å². The third kappa shape index (κ3) is 6.72. The maximum Gasteiger partial charge on any atom is 0.317 e. The van der Waals surface area contributed by atoms with Crippen LogP contribution < -0.4 is 5.32 Å². The van der Waals surface area contributed by atoms with Crippen LogP contribution in [0.3, 0.4) is 0 Å². The van der Waals surface area contributed by atoms with Crippen molar-refractivity contribution in [1.29, 1.82) is 0 Å². The van der Waals surface area contributed by atoms with E-state index >= 15 is 0 Å². The highest BCUT2D eigenvalue weighted by Crippen LogP contribution is 2.13. The Morgan fingerprint density at radius 1 is 1.25 bits per heavy atom. The first-order chi connectivity index (χ1) is 9.63. The number of aliphatic carboxylic acids is 1. The summed E-state index contributed by atoms with van der Waals surface area (Å²) in [6.45, 7) is 2.18. The van der Waals surface area contributed by atoms with Crippen LogP contribution in [0.1, 0.15) is 32.1 Å². The summed E-state index contributed by atoms with van der Waals surface area (Å²) < 4.78 is 5.43. The zero-order valence-electron chi connectivity index (χ0n) is 11.7. The fourth-order valence-electron chi connectivity index (χ4n) is 2.15. The highest BCUT2D eigenvalue weighted by molar-refractivity contribution is 5.74. The molecule has 116 valence electrons. The van der Waals surface area contributed by atoms with Crippen LogP contribution in [0.25, 0.3) is 0 Å². The normalized spacial score (nSPS) is 16.1. The number of carbonyl (C=O) groups is 2. The number of amides is 2. The van der Waals surface area contributed by atoms with Crippen LogP contribution in [0.15, 0.2) is 0 Å². The number of hydrogen-bond acceptors (Lipinski definition) is 4. The third-order valence-corrected chi connectivity index (χ3v) is 3.27. The number of ether oxygens (including phenoxy) is 1. The second-order valence-corrected chi connectivity index (χ2v) is 4.86. The van der Waals surface area contributed by atoms with E-state index in [9.17, 15) is 9.59 Å². The van der Waals surface area contributed by atoms with Gasteiger partial charge < -0.3 is 25.2 Å². The van der Waals surface area contributed by atoms with E-state index in [1.165, 1.54) is 0 Å². The summed E-state index contributed by atoms with van der Waals surface area (Å²) in [6.07, 6.45) is 3.09. The van der Waals surface area contributed by atoms with Crippen molar-refractivity contribution in [3.63, 3.8) is 0 Å². The van der Waals surface area contributed by atoms with Gasteiger partial charge in [-0.1, -0.05) is 0 Å². The second kappa shape index (κ2) is 9.55. The molecule has 1 heterocycles. The largest absolute Gasteiger partial charge is 0.481 e. The molecular formula is C13H24N2O5. The first-order valence-electron chi connectivity index (χ1n) is 7.10. The Morgan fingerprint density at radius 2 is 1.95 bits per heavy atom. The molecule has 1 aliphatic rings. The molecule has 2 amide bonds. The number of rotatable bonds is 8. The van der Waals surface area contributed by atoms with Gasteiger partial charge in [0.25, 0.3) is 0 Å². The number of unbranched alkanes of at least 4 members (excludes halogenated alkanes) is 1. The Labute approximate surface area is 118 Å². The zero-order chi connectivity index (χ0) is 14.8. The van der Waals surface area contributed by atoms with Gasteiger partial charge in [-0.2, -0.15) is 0 Å². The van der Waals surface area contributed by atoms with Gasteiger partial charge in [-0.3, -0.25) is 4.79 Å². The molecule has 0 radical (unpaired) electrons. The molecule has 3 N–H and O–H groups in total. The first-order valence-corrected chi connectivity index (χ1v) is 7.10. The molecule has 0 aliphatic carbocycles. The van der Waals surface area contributed by atoms with Crippen molar-refractivity contribution in [2.24, 2.45) is 0 Å². The van der Waals surface area contributed by atoms with Crippen molar-refractivity contribution < 1.29 is 24.5 Å². The maximum absolute atomic E-state index is 11.8. The number of urea groups is 1. The SMILES string of the molecule is O=C(O)CCCCNC(=O)N1CCC(OCCO)CC1. The number of carbonyl (C=O) groups excluding carboxylic acids is 1. The van der Waals surface area contributed by atoms with E-state index < -0.39 is 5.97 Å². The van der Waals surface area contributed by atoms with E-state index in [2.05, 4.69) is 5.32 Å². The Balaban J connectivity index is 2.08. The van der Waals surface area contributed by atoms with Gasteiger partial charge >= 0.3 is 12.0 Å². The molecule has 1 rings (SSSR count). The molecule has 20 heavy (non-hydrogen) atoms. The summed E-state index contributed by atoms with van der Waals surface area (Å²) >= 11 is 0. The Morgan fingerprint density at radius 3 is 2.55 bits per heavy atom. The summed E-state index contributed by atoms with van der Waals surface area (Å²) in [7, 11) is 0. The molecule has 1 saturated heterocycles. The molecule has 0 bridgehead atoms. The third-order valence-electron chi connectivity index (χ3n) is 3.27. The number of aliphatic hydroxyl groups excluding tert-OH is 1. The standard InChI is InChI=1S/C13H24N2O5/c16-9-10-20-11-4-7-15(8-5-11)13(19)14-6-2-1-3-12(17)18/h11,16H,1-10H2,(H,14,19)(H,17,18). The molecule has 1 fully saturated rings. The zero-order valence-corrected chi connectivity index (χ0v) is 11.7. The lowest BCUT2D eigenvalue weighted by Crippen LogP contribution is -2.46. The minimum atomic E-state index is -0.804. The van der Waals surface area contributed by atoms with E-state index in [4.69, 9.17) is 14.9 Å². The molecule has 0 aromatic heterocycles. The quantitative estimate of drug-likeness (QED) is 0.562. The van der Waals surface area contributed by atoms with Crippen molar-refractivity contribution in [1.82, 2.24) is 10.2 Å². The van der Waals surface area contributed by atoms with Crippen molar-refractivity contribution >= 4 is 12.0 Å². The van der Waals surface area contributed by atoms with Crippen LogP contribution in [0.5, 0.6) is 0 Å². The number of likely N-dealkylation sites (tertiary alicyclic amines) is 1. The number of nitrogens with zero attached hydrogens (tertiary/aromatic N) is 1. The molecule has 0 saturated carbocycles. The number of hydrogen-bond donors (Lipinski definition) is 3. The van der Waals surface area contributed by atoms with Crippen LogP contribution in [0, 0.1) is 0 Å². The maximum atomic E-state index is 11.8. The van der Waals surface area contributed by atoms with Gasteiger partial charge in [0.1, 0.15) is 0 Å². The van der Waals surface area contributed by atoms with E-state index in [0.29, 0.717) is 39.1 Å². The smallest absolute Gasteiger partial charge is 0.317 e. The Hall–Kier alpha value is -1.34. The van der Waals surface area contributed by atoms with E-state index in [1.54, 1.807) is 4.90 Å². The lowest BCUT2D eigenvalue weighted by atomic mass is 10.1. The van der Waals surface area contributed by atoms with E-state index in [1.807, 2.05) is 0 Å². The topological polar surface area (TPSA) is 99.1 Å². The number of piperidine rings is 1. The van der Waals surface area contributed by atoms with Gasteiger partial charge in [0.15, 0.2) is 0 Å². The molecular weight excluding hydrogens is 264 g/mol. The highest BCUT2D eigenvalue weighted by Gasteiger charge is 2.22. The first kappa shape index (κ1) is 16.7. The van der Waals surface area contributed by atoms with E-state index in [0.717, 1.165) is 12.8 Å². The van der Waals surface area contributed by atoms with Gasteiger partial charge in [0, 0.05) is 26.1 Å². The molecule has 0 atom stereocenters. The molecule has 0 unspecified atom stereocenters.